The van der Waals surface area contributed by atoms with Crippen LogP contribution in [0.3, 0.4) is 0 Å². The summed E-state index contributed by atoms with van der Waals surface area (Å²) in [5.41, 5.74) is 2.41. The van der Waals surface area contributed by atoms with E-state index >= 15 is 0 Å². The monoisotopic (exact) mass is 384 g/mol. The number of aryl methyl sites for hydroxylation is 2. The van der Waals surface area contributed by atoms with Crippen molar-refractivity contribution in [3.05, 3.63) is 42.2 Å². The van der Waals surface area contributed by atoms with Crippen molar-refractivity contribution in [1.82, 2.24) is 20.4 Å². The van der Waals surface area contributed by atoms with Crippen LogP contribution in [-0.2, 0) is 7.05 Å². The summed E-state index contributed by atoms with van der Waals surface area (Å²) in [6, 6.07) is 8.50. The average Bonchev–Trinajstić information content (AvgIpc) is 3.13. The van der Waals surface area contributed by atoms with E-state index < -0.39 is 0 Å². The molecule has 1 fully saturated rings. The van der Waals surface area contributed by atoms with Crippen molar-refractivity contribution >= 4 is 11.6 Å². The van der Waals surface area contributed by atoms with Gasteiger partial charge in [-0.2, -0.15) is 5.10 Å². The van der Waals surface area contributed by atoms with E-state index in [-0.39, 0.29) is 6.10 Å². The van der Waals surface area contributed by atoms with Crippen LogP contribution in [0.4, 0.5) is 5.69 Å². The van der Waals surface area contributed by atoms with Crippen LogP contribution < -0.4 is 20.3 Å². The van der Waals surface area contributed by atoms with Gasteiger partial charge in [-0.15, -0.1) is 0 Å². The third kappa shape index (κ3) is 5.65. The Labute approximate surface area is 167 Å². The lowest BCUT2D eigenvalue weighted by molar-refractivity contribution is 0.223. The number of piperidine rings is 1. The van der Waals surface area contributed by atoms with Crippen LogP contribution in [0.25, 0.3) is 0 Å². The summed E-state index contributed by atoms with van der Waals surface area (Å²) < 4.78 is 7.82. The van der Waals surface area contributed by atoms with Gasteiger partial charge < -0.3 is 20.3 Å². The molecule has 1 aliphatic heterocycles. The summed E-state index contributed by atoms with van der Waals surface area (Å²) in [5, 5.41) is 11.2. The summed E-state index contributed by atoms with van der Waals surface area (Å²) in [4.78, 5) is 6.76. The second kappa shape index (κ2) is 9.48. The standard InChI is InChI=1S/C21H32N6O/c1-16-7-9-20(10-8-16)28-17(2)12-23-21(22-3)25-18-6-5-11-27(14-18)19-13-24-26(4)15-19/h7-10,13,15,17-18H,5-6,11-12,14H2,1-4H3,(H2,22,23,25). The summed E-state index contributed by atoms with van der Waals surface area (Å²) >= 11 is 0. The molecule has 0 aliphatic carbocycles. The second-order valence-corrected chi connectivity index (χ2v) is 7.50. The number of hydrogen-bond acceptors (Lipinski definition) is 4. The fourth-order valence-corrected chi connectivity index (χ4v) is 3.42. The van der Waals surface area contributed by atoms with Gasteiger partial charge in [-0.25, -0.2) is 0 Å². The molecule has 28 heavy (non-hydrogen) atoms. The van der Waals surface area contributed by atoms with E-state index in [0.29, 0.717) is 12.6 Å². The minimum atomic E-state index is 0.0412. The molecule has 0 amide bonds. The van der Waals surface area contributed by atoms with Crippen molar-refractivity contribution in [2.24, 2.45) is 12.0 Å². The molecule has 2 unspecified atom stereocenters. The van der Waals surface area contributed by atoms with Crippen molar-refractivity contribution in [2.45, 2.75) is 38.8 Å². The summed E-state index contributed by atoms with van der Waals surface area (Å²) in [6.07, 6.45) is 6.32. The number of aliphatic imine (C=N–C) groups is 1. The quantitative estimate of drug-likeness (QED) is 0.591. The minimum Gasteiger partial charge on any atom is -0.489 e. The maximum atomic E-state index is 5.97. The average molecular weight is 385 g/mol. The van der Waals surface area contributed by atoms with E-state index in [4.69, 9.17) is 4.74 Å². The third-order valence-corrected chi connectivity index (χ3v) is 4.96. The van der Waals surface area contributed by atoms with Gasteiger partial charge in [-0.1, -0.05) is 17.7 Å². The van der Waals surface area contributed by atoms with Gasteiger partial charge in [-0.05, 0) is 38.8 Å². The van der Waals surface area contributed by atoms with E-state index in [0.717, 1.165) is 37.6 Å². The molecule has 0 bridgehead atoms. The van der Waals surface area contributed by atoms with Crippen molar-refractivity contribution in [2.75, 3.05) is 31.6 Å². The molecule has 2 heterocycles. The van der Waals surface area contributed by atoms with Crippen molar-refractivity contribution in [1.29, 1.82) is 0 Å². The predicted molar refractivity (Wildman–Crippen MR) is 114 cm³/mol. The highest BCUT2D eigenvalue weighted by Gasteiger charge is 2.22. The molecule has 0 radical (unpaired) electrons. The molecule has 1 aromatic heterocycles. The first kappa shape index (κ1) is 20.0. The maximum absolute atomic E-state index is 5.97. The number of rotatable bonds is 6. The predicted octanol–water partition coefficient (Wildman–Crippen LogP) is 2.33. The Balaban J connectivity index is 1.46. The van der Waals surface area contributed by atoms with E-state index in [1.807, 2.05) is 37.1 Å². The highest BCUT2D eigenvalue weighted by molar-refractivity contribution is 5.80. The van der Waals surface area contributed by atoms with E-state index in [9.17, 15) is 0 Å². The number of hydrogen-bond donors (Lipinski definition) is 2. The Morgan fingerprint density at radius 3 is 2.82 bits per heavy atom. The van der Waals surface area contributed by atoms with Gasteiger partial charge in [0.15, 0.2) is 5.96 Å². The Bertz CT molecular complexity index is 769. The van der Waals surface area contributed by atoms with Crippen LogP contribution >= 0.6 is 0 Å². The number of benzene rings is 1. The molecule has 1 aromatic carbocycles. The van der Waals surface area contributed by atoms with Crippen LogP contribution in [-0.4, -0.2) is 54.6 Å². The zero-order valence-corrected chi connectivity index (χ0v) is 17.4. The first-order chi connectivity index (χ1) is 13.5. The zero-order chi connectivity index (χ0) is 19.9. The van der Waals surface area contributed by atoms with Crippen LogP contribution in [0, 0.1) is 6.92 Å². The topological polar surface area (TPSA) is 66.7 Å². The molecule has 0 saturated carbocycles. The lowest BCUT2D eigenvalue weighted by Crippen LogP contribution is -2.52. The molecule has 7 nitrogen and oxygen atoms in total. The first-order valence-corrected chi connectivity index (χ1v) is 9.97. The van der Waals surface area contributed by atoms with Crippen LogP contribution in [0.2, 0.25) is 0 Å². The fraction of sp³-hybridized carbons (Fsp3) is 0.524. The van der Waals surface area contributed by atoms with E-state index in [2.05, 4.69) is 57.8 Å². The number of ether oxygens (including phenoxy) is 1. The summed E-state index contributed by atoms with van der Waals surface area (Å²) in [6.45, 7) is 6.84. The molecule has 2 atom stereocenters. The lowest BCUT2D eigenvalue weighted by Gasteiger charge is -2.34. The molecule has 2 N–H and O–H groups in total. The van der Waals surface area contributed by atoms with Crippen molar-refractivity contribution < 1.29 is 4.74 Å². The maximum Gasteiger partial charge on any atom is 0.191 e. The largest absolute Gasteiger partial charge is 0.489 e. The van der Waals surface area contributed by atoms with Crippen molar-refractivity contribution in [3.8, 4) is 5.75 Å². The Morgan fingerprint density at radius 1 is 1.36 bits per heavy atom. The van der Waals surface area contributed by atoms with Crippen LogP contribution in [0.1, 0.15) is 25.3 Å². The van der Waals surface area contributed by atoms with Gasteiger partial charge in [0, 0.05) is 39.4 Å². The molecular formula is C21H32N6O. The normalized spacial score (nSPS) is 18.6. The van der Waals surface area contributed by atoms with Crippen LogP contribution in [0.5, 0.6) is 5.75 Å². The van der Waals surface area contributed by atoms with Gasteiger partial charge in [0.1, 0.15) is 11.9 Å². The highest BCUT2D eigenvalue weighted by Crippen LogP contribution is 2.19. The van der Waals surface area contributed by atoms with E-state index in [1.54, 1.807) is 0 Å². The zero-order valence-electron chi connectivity index (χ0n) is 17.4. The molecule has 2 aromatic rings. The minimum absolute atomic E-state index is 0.0412. The highest BCUT2D eigenvalue weighted by atomic mass is 16.5. The molecule has 7 heteroatoms. The van der Waals surface area contributed by atoms with E-state index in [1.165, 1.54) is 11.3 Å². The van der Waals surface area contributed by atoms with Crippen LogP contribution in [0.15, 0.2) is 41.7 Å². The molecular weight excluding hydrogens is 352 g/mol. The number of guanidine groups is 1. The van der Waals surface area contributed by atoms with Gasteiger partial charge in [0.25, 0.3) is 0 Å². The number of nitrogens with zero attached hydrogens (tertiary/aromatic N) is 4. The SMILES string of the molecule is CN=C(NCC(C)Oc1ccc(C)cc1)NC1CCCN(c2cnn(C)c2)C1. The number of aromatic nitrogens is 2. The summed E-state index contributed by atoms with van der Waals surface area (Å²) in [7, 11) is 3.76. The molecule has 1 aliphatic rings. The Kier molecular flexibility index (Phi) is 6.79. The lowest BCUT2D eigenvalue weighted by atomic mass is 10.1. The van der Waals surface area contributed by atoms with Gasteiger partial charge in [0.05, 0.1) is 18.4 Å². The third-order valence-electron chi connectivity index (χ3n) is 4.96. The van der Waals surface area contributed by atoms with Crippen molar-refractivity contribution in [3.63, 3.8) is 0 Å². The Hall–Kier alpha value is -2.70. The fourth-order valence-electron chi connectivity index (χ4n) is 3.42. The first-order valence-electron chi connectivity index (χ1n) is 9.97. The number of nitrogens with one attached hydrogen (secondary N) is 2. The number of anilines is 1. The second-order valence-electron chi connectivity index (χ2n) is 7.50. The smallest absolute Gasteiger partial charge is 0.191 e. The van der Waals surface area contributed by atoms with Gasteiger partial charge in [0.2, 0.25) is 0 Å². The summed E-state index contributed by atoms with van der Waals surface area (Å²) in [5.74, 6) is 1.71. The Morgan fingerprint density at radius 2 is 2.14 bits per heavy atom. The molecule has 3 rings (SSSR count). The molecule has 1 saturated heterocycles. The van der Waals surface area contributed by atoms with Gasteiger partial charge >= 0.3 is 0 Å². The molecule has 0 spiro atoms. The van der Waals surface area contributed by atoms with Gasteiger partial charge in [-0.3, -0.25) is 9.67 Å². The molecule has 152 valence electrons.